The van der Waals surface area contributed by atoms with E-state index in [9.17, 15) is 13.2 Å². The van der Waals surface area contributed by atoms with E-state index in [0.29, 0.717) is 5.92 Å². The predicted molar refractivity (Wildman–Crippen MR) is 88.2 cm³/mol. The van der Waals surface area contributed by atoms with Gasteiger partial charge in [0.1, 0.15) is 0 Å². The zero-order valence-electron chi connectivity index (χ0n) is 12.7. The van der Waals surface area contributed by atoms with Crippen LogP contribution in [0.1, 0.15) is 36.4 Å². The number of benzene rings is 1. The van der Waals surface area contributed by atoms with E-state index in [1.54, 1.807) is 6.07 Å². The van der Waals surface area contributed by atoms with Crippen LogP contribution in [0.2, 0.25) is 5.02 Å². The third-order valence-electron chi connectivity index (χ3n) is 4.53. The SMILES string of the molecule is Cl.FC(F)(F)c1cc([C@@H](CC2CC2)N2CCNCC2)ccc1Cl. The van der Waals surface area contributed by atoms with Gasteiger partial charge in [0, 0.05) is 32.2 Å². The second-order valence-corrected chi connectivity index (χ2v) is 6.63. The summed E-state index contributed by atoms with van der Waals surface area (Å²) in [7, 11) is 0. The van der Waals surface area contributed by atoms with Gasteiger partial charge in [0.25, 0.3) is 0 Å². The zero-order valence-corrected chi connectivity index (χ0v) is 14.3. The number of hydrogen-bond acceptors (Lipinski definition) is 2. The molecule has 1 aliphatic carbocycles. The predicted octanol–water partition coefficient (Wildman–Crippen LogP) is 4.53. The Kier molecular flexibility index (Phi) is 6.22. The van der Waals surface area contributed by atoms with Crippen LogP contribution in [-0.2, 0) is 6.18 Å². The van der Waals surface area contributed by atoms with Crippen molar-refractivity contribution < 1.29 is 13.2 Å². The molecule has 1 heterocycles. The van der Waals surface area contributed by atoms with Crippen molar-refractivity contribution in [2.45, 2.75) is 31.5 Å². The minimum atomic E-state index is -4.40. The summed E-state index contributed by atoms with van der Waals surface area (Å²) in [5, 5.41) is 3.07. The highest BCUT2D eigenvalue weighted by atomic mass is 35.5. The molecule has 0 radical (unpaired) electrons. The Morgan fingerprint density at radius 1 is 1.22 bits per heavy atom. The standard InChI is InChI=1S/C16H20ClF3N2.ClH/c17-14-4-3-12(10-13(14)16(18,19)20)15(9-11-1-2-11)22-7-5-21-6-8-22;/h3-4,10-11,15,21H,1-2,5-9H2;1H/t15-;/m1./s1. The Balaban J connectivity index is 0.00000192. The summed E-state index contributed by atoms with van der Waals surface area (Å²) >= 11 is 5.75. The van der Waals surface area contributed by atoms with Crippen LogP contribution in [0.3, 0.4) is 0 Å². The maximum atomic E-state index is 13.1. The van der Waals surface area contributed by atoms with Crippen LogP contribution >= 0.6 is 24.0 Å². The third-order valence-corrected chi connectivity index (χ3v) is 4.86. The van der Waals surface area contributed by atoms with Crippen molar-refractivity contribution >= 4 is 24.0 Å². The first-order valence-corrected chi connectivity index (χ1v) is 8.14. The number of nitrogens with one attached hydrogen (secondary N) is 1. The molecule has 2 aliphatic rings. The molecule has 0 aromatic heterocycles. The first-order valence-electron chi connectivity index (χ1n) is 7.76. The lowest BCUT2D eigenvalue weighted by molar-refractivity contribution is -0.137. The maximum absolute atomic E-state index is 13.1. The molecule has 1 aromatic rings. The second-order valence-electron chi connectivity index (χ2n) is 6.22. The van der Waals surface area contributed by atoms with Crippen molar-refractivity contribution in [2.75, 3.05) is 26.2 Å². The summed E-state index contributed by atoms with van der Waals surface area (Å²) in [6, 6.07) is 4.46. The molecule has 0 unspecified atom stereocenters. The van der Waals surface area contributed by atoms with E-state index < -0.39 is 11.7 Å². The highest BCUT2D eigenvalue weighted by Gasteiger charge is 2.35. The molecule has 1 aliphatic heterocycles. The summed E-state index contributed by atoms with van der Waals surface area (Å²) in [5.41, 5.74) is 0.0214. The molecule has 1 N–H and O–H groups in total. The molecular formula is C16H21Cl2F3N2. The van der Waals surface area contributed by atoms with Crippen molar-refractivity contribution in [1.82, 2.24) is 10.2 Å². The highest BCUT2D eigenvalue weighted by molar-refractivity contribution is 6.31. The molecule has 7 heteroatoms. The van der Waals surface area contributed by atoms with E-state index in [4.69, 9.17) is 11.6 Å². The molecule has 130 valence electrons. The fraction of sp³-hybridized carbons (Fsp3) is 0.625. The minimum absolute atomic E-state index is 0. The van der Waals surface area contributed by atoms with E-state index in [0.717, 1.165) is 38.2 Å². The van der Waals surface area contributed by atoms with Gasteiger partial charge in [-0.15, -0.1) is 12.4 Å². The average molecular weight is 369 g/mol. The Morgan fingerprint density at radius 2 is 1.87 bits per heavy atom. The Morgan fingerprint density at radius 3 is 2.43 bits per heavy atom. The van der Waals surface area contributed by atoms with Crippen molar-refractivity contribution in [3.05, 3.63) is 34.3 Å². The average Bonchev–Trinajstić information content (AvgIpc) is 3.29. The molecule has 1 atom stereocenters. The van der Waals surface area contributed by atoms with Gasteiger partial charge in [0.15, 0.2) is 0 Å². The number of nitrogens with zero attached hydrogens (tertiary/aromatic N) is 1. The van der Waals surface area contributed by atoms with Gasteiger partial charge in [-0.2, -0.15) is 13.2 Å². The molecule has 0 bridgehead atoms. The smallest absolute Gasteiger partial charge is 0.314 e. The van der Waals surface area contributed by atoms with Gasteiger partial charge in [-0.25, -0.2) is 0 Å². The molecule has 1 aromatic carbocycles. The van der Waals surface area contributed by atoms with Gasteiger partial charge >= 0.3 is 6.18 Å². The van der Waals surface area contributed by atoms with Gasteiger partial charge in [-0.05, 0) is 30.0 Å². The summed E-state index contributed by atoms with van der Waals surface area (Å²) in [6.45, 7) is 3.53. The van der Waals surface area contributed by atoms with Crippen LogP contribution in [0.5, 0.6) is 0 Å². The van der Waals surface area contributed by atoms with Crippen LogP contribution in [0.25, 0.3) is 0 Å². The largest absolute Gasteiger partial charge is 0.417 e. The number of hydrogen-bond donors (Lipinski definition) is 1. The van der Waals surface area contributed by atoms with Gasteiger partial charge in [0.2, 0.25) is 0 Å². The topological polar surface area (TPSA) is 15.3 Å². The summed E-state index contributed by atoms with van der Waals surface area (Å²) in [5.74, 6) is 0.657. The van der Waals surface area contributed by atoms with E-state index in [1.165, 1.54) is 25.0 Å². The lowest BCUT2D eigenvalue weighted by Crippen LogP contribution is -2.45. The van der Waals surface area contributed by atoms with Crippen LogP contribution in [-0.4, -0.2) is 31.1 Å². The lowest BCUT2D eigenvalue weighted by Gasteiger charge is -2.35. The van der Waals surface area contributed by atoms with Crippen molar-refractivity contribution in [3.8, 4) is 0 Å². The molecule has 2 fully saturated rings. The molecular weight excluding hydrogens is 348 g/mol. The van der Waals surface area contributed by atoms with Crippen molar-refractivity contribution in [3.63, 3.8) is 0 Å². The molecule has 0 amide bonds. The molecule has 3 rings (SSSR count). The van der Waals surface area contributed by atoms with Gasteiger partial charge in [0.05, 0.1) is 10.6 Å². The van der Waals surface area contributed by atoms with Crippen LogP contribution in [0, 0.1) is 5.92 Å². The minimum Gasteiger partial charge on any atom is -0.314 e. The number of piperazine rings is 1. The van der Waals surface area contributed by atoms with Gasteiger partial charge in [-0.1, -0.05) is 30.5 Å². The van der Waals surface area contributed by atoms with Gasteiger partial charge in [-0.3, -0.25) is 4.90 Å². The van der Waals surface area contributed by atoms with E-state index in [2.05, 4.69) is 10.2 Å². The van der Waals surface area contributed by atoms with E-state index in [-0.39, 0.29) is 23.5 Å². The molecule has 2 nitrogen and oxygen atoms in total. The Labute approximate surface area is 145 Å². The highest BCUT2D eigenvalue weighted by Crippen LogP contribution is 2.42. The Bertz CT molecular complexity index is 527. The summed E-state index contributed by atoms with van der Waals surface area (Å²) in [4.78, 5) is 2.30. The molecule has 1 saturated carbocycles. The number of alkyl halides is 3. The van der Waals surface area contributed by atoms with Crippen LogP contribution < -0.4 is 5.32 Å². The van der Waals surface area contributed by atoms with E-state index in [1.807, 2.05) is 0 Å². The van der Waals surface area contributed by atoms with Crippen LogP contribution in [0.15, 0.2) is 18.2 Å². The maximum Gasteiger partial charge on any atom is 0.417 e. The zero-order chi connectivity index (χ0) is 15.7. The molecule has 1 saturated heterocycles. The van der Waals surface area contributed by atoms with Gasteiger partial charge < -0.3 is 5.32 Å². The number of rotatable bonds is 4. The molecule has 0 spiro atoms. The lowest BCUT2D eigenvalue weighted by atomic mass is 9.97. The number of halogens is 5. The second kappa shape index (κ2) is 7.60. The third kappa shape index (κ3) is 4.75. The summed E-state index contributed by atoms with van der Waals surface area (Å²) < 4.78 is 39.3. The first-order chi connectivity index (χ1) is 10.4. The fourth-order valence-corrected chi connectivity index (χ4v) is 3.35. The fourth-order valence-electron chi connectivity index (χ4n) is 3.13. The quantitative estimate of drug-likeness (QED) is 0.839. The van der Waals surface area contributed by atoms with Crippen LogP contribution in [0.4, 0.5) is 13.2 Å². The van der Waals surface area contributed by atoms with Crippen molar-refractivity contribution in [1.29, 1.82) is 0 Å². The van der Waals surface area contributed by atoms with Crippen molar-refractivity contribution in [2.24, 2.45) is 5.92 Å². The monoisotopic (exact) mass is 368 g/mol. The molecule has 23 heavy (non-hydrogen) atoms. The Hall–Kier alpha value is -0.490. The van der Waals surface area contributed by atoms with E-state index >= 15 is 0 Å². The normalized spacial score (nSPS) is 20.9. The first kappa shape index (κ1) is 18.8. The summed E-state index contributed by atoms with van der Waals surface area (Å²) in [6.07, 6.45) is -1.07.